The van der Waals surface area contributed by atoms with Crippen molar-refractivity contribution in [2.45, 2.75) is 52.0 Å². The summed E-state index contributed by atoms with van der Waals surface area (Å²) in [5.74, 6) is 0. The number of rotatable bonds is 5. The quantitative estimate of drug-likeness (QED) is 0.791. The third-order valence-corrected chi connectivity index (χ3v) is 4.84. The van der Waals surface area contributed by atoms with Crippen molar-refractivity contribution in [1.29, 1.82) is 0 Å². The molecule has 1 aromatic heterocycles. The Bertz CT molecular complexity index is 679. The molecule has 0 saturated carbocycles. The van der Waals surface area contributed by atoms with Gasteiger partial charge in [-0.15, -0.1) is 0 Å². The molecule has 0 aliphatic carbocycles. The first-order chi connectivity index (χ1) is 11.3. The van der Waals surface area contributed by atoms with Gasteiger partial charge in [-0.1, -0.05) is 24.3 Å². The summed E-state index contributed by atoms with van der Waals surface area (Å²) in [7, 11) is 1.36. The lowest BCUT2D eigenvalue weighted by Crippen LogP contribution is -2.41. The van der Waals surface area contributed by atoms with E-state index in [9.17, 15) is 0 Å². The lowest BCUT2D eigenvalue weighted by molar-refractivity contribution is 0.00578. The Morgan fingerprint density at radius 1 is 1.04 bits per heavy atom. The molecule has 2 aromatic rings. The Kier molecular flexibility index (Phi) is 4.55. The van der Waals surface area contributed by atoms with Crippen LogP contribution in [0.1, 0.15) is 39.0 Å². The predicted molar refractivity (Wildman–Crippen MR) is 94.2 cm³/mol. The van der Waals surface area contributed by atoms with E-state index in [1.54, 1.807) is 7.11 Å². The van der Waals surface area contributed by atoms with Crippen LogP contribution in [0.3, 0.4) is 0 Å². The van der Waals surface area contributed by atoms with Gasteiger partial charge in [-0.05, 0) is 44.8 Å². The van der Waals surface area contributed by atoms with Gasteiger partial charge in [0, 0.05) is 13.3 Å². The van der Waals surface area contributed by atoms with E-state index in [1.807, 2.05) is 16.9 Å². The molecule has 6 heteroatoms. The zero-order valence-corrected chi connectivity index (χ0v) is 15.1. The minimum atomic E-state index is -0.318. The number of ether oxygens (including phenoxy) is 1. The lowest BCUT2D eigenvalue weighted by Gasteiger charge is -2.32. The van der Waals surface area contributed by atoms with E-state index in [0.717, 1.165) is 17.7 Å². The Morgan fingerprint density at radius 2 is 1.67 bits per heavy atom. The van der Waals surface area contributed by atoms with Gasteiger partial charge in [0.25, 0.3) is 0 Å². The van der Waals surface area contributed by atoms with Gasteiger partial charge in [0.1, 0.15) is 0 Å². The summed E-state index contributed by atoms with van der Waals surface area (Å²) in [6, 6.07) is 10.3. The maximum absolute atomic E-state index is 6.08. The smallest absolute Gasteiger partial charge is 0.399 e. The summed E-state index contributed by atoms with van der Waals surface area (Å²) in [4.78, 5) is 0. The lowest BCUT2D eigenvalue weighted by atomic mass is 9.79. The van der Waals surface area contributed by atoms with Crippen LogP contribution in [0.2, 0.25) is 0 Å². The highest BCUT2D eigenvalue weighted by atomic mass is 16.7. The molecule has 1 aromatic carbocycles. The first kappa shape index (κ1) is 17.2. The van der Waals surface area contributed by atoms with Crippen LogP contribution in [0, 0.1) is 0 Å². The van der Waals surface area contributed by atoms with E-state index in [4.69, 9.17) is 14.0 Å². The predicted octanol–water partition coefficient (Wildman–Crippen LogP) is 2.38. The highest BCUT2D eigenvalue weighted by molar-refractivity contribution is 6.62. The first-order valence-electron chi connectivity index (χ1n) is 8.26. The highest BCUT2D eigenvalue weighted by Gasteiger charge is 2.51. The number of benzene rings is 1. The van der Waals surface area contributed by atoms with E-state index in [1.165, 1.54) is 5.56 Å². The average molecular weight is 328 g/mol. The maximum atomic E-state index is 6.08. The number of hydrogen-bond acceptors (Lipinski definition) is 4. The van der Waals surface area contributed by atoms with Gasteiger partial charge in [0.2, 0.25) is 0 Å². The van der Waals surface area contributed by atoms with Crippen LogP contribution in [0.25, 0.3) is 0 Å². The van der Waals surface area contributed by atoms with Gasteiger partial charge < -0.3 is 14.0 Å². The molecule has 5 nitrogen and oxygen atoms in total. The van der Waals surface area contributed by atoms with E-state index < -0.39 is 0 Å². The molecule has 1 saturated heterocycles. The van der Waals surface area contributed by atoms with E-state index in [-0.39, 0.29) is 18.3 Å². The van der Waals surface area contributed by atoms with Crippen LogP contribution >= 0.6 is 0 Å². The number of hydrogen-bond donors (Lipinski definition) is 0. The SMILES string of the molecule is COCc1ccn(Cc2ccc(B3OC(C)(C)C(C)(C)O3)cc2)n1. The molecular weight excluding hydrogens is 303 g/mol. The molecule has 0 spiro atoms. The molecule has 0 radical (unpaired) electrons. The summed E-state index contributed by atoms with van der Waals surface area (Å²) in [5, 5.41) is 4.48. The van der Waals surface area contributed by atoms with Crippen LogP contribution in [0.5, 0.6) is 0 Å². The Morgan fingerprint density at radius 3 is 2.25 bits per heavy atom. The van der Waals surface area contributed by atoms with Gasteiger partial charge in [0.15, 0.2) is 0 Å². The molecule has 3 rings (SSSR count). The van der Waals surface area contributed by atoms with Gasteiger partial charge in [-0.2, -0.15) is 5.10 Å². The molecule has 0 bridgehead atoms. The molecule has 1 fully saturated rings. The Hall–Kier alpha value is -1.63. The van der Waals surface area contributed by atoms with Crippen molar-refractivity contribution in [1.82, 2.24) is 9.78 Å². The molecule has 0 unspecified atom stereocenters. The largest absolute Gasteiger partial charge is 0.494 e. The zero-order chi connectivity index (χ0) is 17.4. The number of aromatic nitrogens is 2. The molecular formula is C18H25BN2O3. The van der Waals surface area contributed by atoms with Gasteiger partial charge >= 0.3 is 7.12 Å². The maximum Gasteiger partial charge on any atom is 0.494 e. The van der Waals surface area contributed by atoms with Crippen molar-refractivity contribution < 1.29 is 14.0 Å². The second-order valence-electron chi connectivity index (χ2n) is 7.27. The molecule has 128 valence electrons. The minimum absolute atomic E-state index is 0.316. The molecule has 0 atom stereocenters. The average Bonchev–Trinajstić information content (AvgIpc) is 3.02. The highest BCUT2D eigenvalue weighted by Crippen LogP contribution is 2.36. The summed E-state index contributed by atoms with van der Waals surface area (Å²) in [6.07, 6.45) is 1.97. The molecule has 0 N–H and O–H groups in total. The first-order valence-corrected chi connectivity index (χ1v) is 8.26. The number of nitrogens with zero attached hydrogens (tertiary/aromatic N) is 2. The fourth-order valence-corrected chi connectivity index (χ4v) is 2.66. The number of methoxy groups -OCH3 is 1. The fourth-order valence-electron chi connectivity index (χ4n) is 2.66. The Labute approximate surface area is 144 Å². The zero-order valence-electron chi connectivity index (χ0n) is 15.1. The summed E-state index contributed by atoms with van der Waals surface area (Å²) >= 11 is 0. The third-order valence-electron chi connectivity index (χ3n) is 4.84. The minimum Gasteiger partial charge on any atom is -0.399 e. The molecule has 1 aliphatic rings. The van der Waals surface area contributed by atoms with E-state index >= 15 is 0 Å². The molecule has 2 heterocycles. The van der Waals surface area contributed by atoms with Crippen molar-refractivity contribution in [3.05, 3.63) is 47.8 Å². The fraction of sp³-hybridized carbons (Fsp3) is 0.500. The van der Waals surface area contributed by atoms with E-state index in [0.29, 0.717) is 6.61 Å². The van der Waals surface area contributed by atoms with Crippen LogP contribution in [-0.2, 0) is 27.2 Å². The topological polar surface area (TPSA) is 45.5 Å². The van der Waals surface area contributed by atoms with Crippen LogP contribution in [0.4, 0.5) is 0 Å². The van der Waals surface area contributed by atoms with Gasteiger partial charge in [0.05, 0.1) is 30.0 Å². The normalized spacial score (nSPS) is 19.0. The Balaban J connectivity index is 1.67. The van der Waals surface area contributed by atoms with Crippen LogP contribution in [-0.4, -0.2) is 35.2 Å². The van der Waals surface area contributed by atoms with Crippen molar-refractivity contribution in [3.63, 3.8) is 0 Å². The summed E-state index contributed by atoms with van der Waals surface area (Å²) in [5.41, 5.74) is 2.53. The van der Waals surface area contributed by atoms with Crippen LogP contribution < -0.4 is 5.46 Å². The summed E-state index contributed by atoms with van der Waals surface area (Å²) in [6.45, 7) is 9.53. The van der Waals surface area contributed by atoms with Crippen molar-refractivity contribution in [2.75, 3.05) is 7.11 Å². The summed E-state index contributed by atoms with van der Waals surface area (Å²) < 4.78 is 19.2. The van der Waals surface area contributed by atoms with Crippen LogP contribution in [0.15, 0.2) is 36.5 Å². The van der Waals surface area contributed by atoms with Crippen molar-refractivity contribution in [2.24, 2.45) is 0 Å². The second-order valence-corrected chi connectivity index (χ2v) is 7.27. The standard InChI is InChI=1S/C18H25BN2O3/c1-17(2)18(3,4)24-19(23-17)15-8-6-14(7-9-15)12-21-11-10-16(20-21)13-22-5/h6-11H,12-13H2,1-5H3. The monoisotopic (exact) mass is 328 g/mol. The van der Waals surface area contributed by atoms with Gasteiger partial charge in [-0.25, -0.2) is 0 Å². The second kappa shape index (κ2) is 6.35. The van der Waals surface area contributed by atoms with Crippen molar-refractivity contribution in [3.8, 4) is 0 Å². The van der Waals surface area contributed by atoms with Gasteiger partial charge in [-0.3, -0.25) is 4.68 Å². The van der Waals surface area contributed by atoms with Crippen molar-refractivity contribution >= 4 is 12.6 Å². The third kappa shape index (κ3) is 3.41. The molecule has 1 aliphatic heterocycles. The van der Waals surface area contributed by atoms with E-state index in [2.05, 4.69) is 57.1 Å². The molecule has 24 heavy (non-hydrogen) atoms. The molecule has 0 amide bonds.